The summed E-state index contributed by atoms with van der Waals surface area (Å²) in [5, 5.41) is 9.48. The highest BCUT2D eigenvalue weighted by molar-refractivity contribution is 5.84. The minimum atomic E-state index is -0.391. The monoisotopic (exact) mass is 317 g/mol. The number of pyridine rings is 1. The zero-order chi connectivity index (χ0) is 17.3. The summed E-state index contributed by atoms with van der Waals surface area (Å²) >= 11 is 0. The van der Waals surface area contributed by atoms with Gasteiger partial charge in [0.15, 0.2) is 0 Å². The molecule has 0 unspecified atom stereocenters. The van der Waals surface area contributed by atoms with Gasteiger partial charge in [-0.1, -0.05) is 48.0 Å². The first-order valence-corrected chi connectivity index (χ1v) is 7.55. The van der Waals surface area contributed by atoms with Crippen LogP contribution in [-0.2, 0) is 0 Å². The first-order valence-electron chi connectivity index (χ1n) is 7.55. The third kappa shape index (κ3) is 2.61. The molecular weight excluding hydrogens is 301 g/mol. The molecule has 3 rings (SSSR count). The van der Waals surface area contributed by atoms with Gasteiger partial charge in [0.2, 0.25) is 0 Å². The maximum atomic E-state index is 14.3. The summed E-state index contributed by atoms with van der Waals surface area (Å²) in [6.45, 7) is 3.84. The van der Waals surface area contributed by atoms with Crippen LogP contribution in [0.2, 0.25) is 0 Å². The topological polar surface area (TPSA) is 62.7 Å². The fraction of sp³-hybridized carbons (Fsp3) is 0.100. The molecule has 0 bridgehead atoms. The van der Waals surface area contributed by atoms with E-state index in [4.69, 9.17) is 5.73 Å². The van der Waals surface area contributed by atoms with Gasteiger partial charge in [-0.2, -0.15) is 5.26 Å². The van der Waals surface area contributed by atoms with Crippen LogP contribution < -0.4 is 5.73 Å². The van der Waals surface area contributed by atoms with Crippen molar-refractivity contribution in [2.75, 3.05) is 5.73 Å². The lowest BCUT2D eigenvalue weighted by molar-refractivity contribution is 0.631. The van der Waals surface area contributed by atoms with Gasteiger partial charge >= 0.3 is 0 Å². The summed E-state index contributed by atoms with van der Waals surface area (Å²) in [5.41, 5.74) is 10.5. The molecule has 3 nitrogen and oxygen atoms in total. The quantitative estimate of drug-likeness (QED) is 0.750. The lowest BCUT2D eigenvalue weighted by Crippen LogP contribution is -2.04. The number of rotatable bonds is 2. The Morgan fingerprint density at radius 3 is 2.33 bits per heavy atom. The smallest absolute Gasteiger partial charge is 0.142 e. The molecule has 0 amide bonds. The zero-order valence-corrected chi connectivity index (χ0v) is 13.5. The normalized spacial score (nSPS) is 10.4. The molecule has 0 saturated carbocycles. The minimum absolute atomic E-state index is 0.108. The summed E-state index contributed by atoms with van der Waals surface area (Å²) < 4.78 is 14.3. The van der Waals surface area contributed by atoms with E-state index in [0.29, 0.717) is 16.8 Å². The Labute approximate surface area is 140 Å². The third-order valence-corrected chi connectivity index (χ3v) is 4.05. The van der Waals surface area contributed by atoms with Crippen LogP contribution >= 0.6 is 0 Å². The summed E-state index contributed by atoms with van der Waals surface area (Å²) in [5.74, 6) is -0.283. The number of benzene rings is 2. The molecule has 0 saturated heterocycles. The van der Waals surface area contributed by atoms with E-state index in [2.05, 4.69) is 11.1 Å². The SMILES string of the molecule is Cc1ccc(-c2nc(N)c(C#N)c(-c3ccccc3F)c2C)cc1. The number of nitriles is 1. The van der Waals surface area contributed by atoms with E-state index >= 15 is 0 Å². The summed E-state index contributed by atoms with van der Waals surface area (Å²) in [7, 11) is 0. The summed E-state index contributed by atoms with van der Waals surface area (Å²) in [6, 6.07) is 16.3. The van der Waals surface area contributed by atoms with Crippen molar-refractivity contribution in [3.63, 3.8) is 0 Å². The fourth-order valence-electron chi connectivity index (χ4n) is 2.80. The van der Waals surface area contributed by atoms with Crippen molar-refractivity contribution in [3.8, 4) is 28.5 Å². The number of hydrogen-bond donors (Lipinski definition) is 1. The molecule has 1 heterocycles. The van der Waals surface area contributed by atoms with E-state index in [-0.39, 0.29) is 11.4 Å². The molecule has 2 aromatic carbocycles. The fourth-order valence-corrected chi connectivity index (χ4v) is 2.80. The maximum Gasteiger partial charge on any atom is 0.142 e. The van der Waals surface area contributed by atoms with E-state index in [1.807, 2.05) is 38.1 Å². The number of aromatic nitrogens is 1. The second-order valence-corrected chi connectivity index (χ2v) is 5.68. The van der Waals surface area contributed by atoms with Gasteiger partial charge in [-0.25, -0.2) is 9.37 Å². The van der Waals surface area contributed by atoms with Crippen molar-refractivity contribution < 1.29 is 4.39 Å². The number of hydrogen-bond acceptors (Lipinski definition) is 3. The first-order chi connectivity index (χ1) is 11.5. The predicted octanol–water partition coefficient (Wildman–Crippen LogP) is 4.63. The average Bonchev–Trinajstić information content (AvgIpc) is 2.58. The lowest BCUT2D eigenvalue weighted by atomic mass is 9.92. The number of anilines is 1. The molecule has 0 aliphatic heterocycles. The second-order valence-electron chi connectivity index (χ2n) is 5.68. The van der Waals surface area contributed by atoms with Crippen molar-refractivity contribution in [3.05, 3.63) is 71.0 Å². The molecule has 3 aromatic rings. The zero-order valence-electron chi connectivity index (χ0n) is 13.5. The number of nitrogen functional groups attached to an aromatic ring is 1. The van der Waals surface area contributed by atoms with Gasteiger partial charge in [-0.05, 0) is 25.5 Å². The molecule has 0 aliphatic carbocycles. The Hall–Kier alpha value is -3.19. The average molecular weight is 317 g/mol. The molecule has 0 aliphatic rings. The highest BCUT2D eigenvalue weighted by Gasteiger charge is 2.20. The molecular formula is C20H16FN3. The Bertz CT molecular complexity index is 954. The molecule has 0 radical (unpaired) electrons. The molecule has 0 fully saturated rings. The molecule has 0 spiro atoms. The largest absolute Gasteiger partial charge is 0.383 e. The van der Waals surface area contributed by atoms with Crippen LogP contribution in [0.1, 0.15) is 16.7 Å². The number of nitrogens with two attached hydrogens (primary N) is 1. The minimum Gasteiger partial charge on any atom is -0.383 e. The van der Waals surface area contributed by atoms with Crippen molar-refractivity contribution >= 4 is 5.82 Å². The number of aryl methyl sites for hydroxylation is 1. The molecule has 2 N–H and O–H groups in total. The first kappa shape index (κ1) is 15.7. The van der Waals surface area contributed by atoms with Gasteiger partial charge in [0.1, 0.15) is 23.3 Å². The maximum absolute atomic E-state index is 14.3. The van der Waals surface area contributed by atoms with Gasteiger partial charge in [-0.15, -0.1) is 0 Å². The highest BCUT2D eigenvalue weighted by Crippen LogP contribution is 2.36. The van der Waals surface area contributed by atoms with Crippen LogP contribution in [0.5, 0.6) is 0 Å². The van der Waals surface area contributed by atoms with Crippen LogP contribution in [0.3, 0.4) is 0 Å². The summed E-state index contributed by atoms with van der Waals surface area (Å²) in [4.78, 5) is 4.39. The molecule has 118 valence electrons. The van der Waals surface area contributed by atoms with E-state index in [1.165, 1.54) is 6.07 Å². The third-order valence-electron chi connectivity index (χ3n) is 4.05. The van der Waals surface area contributed by atoms with Gasteiger partial charge < -0.3 is 5.73 Å². The predicted molar refractivity (Wildman–Crippen MR) is 93.7 cm³/mol. The van der Waals surface area contributed by atoms with E-state index in [9.17, 15) is 9.65 Å². The van der Waals surface area contributed by atoms with Gasteiger partial charge in [0.25, 0.3) is 0 Å². The van der Waals surface area contributed by atoms with Crippen LogP contribution in [0.15, 0.2) is 48.5 Å². The van der Waals surface area contributed by atoms with Crippen molar-refractivity contribution in [1.82, 2.24) is 4.98 Å². The second kappa shape index (κ2) is 6.13. The Balaban J connectivity index is 2.34. The van der Waals surface area contributed by atoms with Crippen LogP contribution in [0.25, 0.3) is 22.4 Å². The molecule has 4 heteroatoms. The van der Waals surface area contributed by atoms with Crippen LogP contribution in [0, 0.1) is 31.0 Å². The van der Waals surface area contributed by atoms with Crippen molar-refractivity contribution in [1.29, 1.82) is 5.26 Å². The van der Waals surface area contributed by atoms with E-state index in [0.717, 1.165) is 16.7 Å². The van der Waals surface area contributed by atoms with Crippen LogP contribution in [0.4, 0.5) is 10.2 Å². The van der Waals surface area contributed by atoms with Gasteiger partial charge in [-0.3, -0.25) is 0 Å². The van der Waals surface area contributed by atoms with E-state index in [1.54, 1.807) is 18.2 Å². The Kier molecular flexibility index (Phi) is 4.01. The standard InChI is InChI=1S/C20H16FN3/c1-12-7-9-14(10-8-12)19-13(2)18(16(11-22)20(23)24-19)15-5-3-4-6-17(15)21/h3-10H,1-2H3,(H2,23,24). The van der Waals surface area contributed by atoms with Crippen molar-refractivity contribution in [2.24, 2.45) is 0 Å². The lowest BCUT2D eigenvalue weighted by Gasteiger charge is -2.15. The number of halogens is 1. The Morgan fingerprint density at radius 2 is 1.71 bits per heavy atom. The number of nitrogens with zero attached hydrogens (tertiary/aromatic N) is 2. The van der Waals surface area contributed by atoms with Gasteiger partial charge in [0, 0.05) is 16.7 Å². The van der Waals surface area contributed by atoms with E-state index < -0.39 is 5.82 Å². The van der Waals surface area contributed by atoms with Gasteiger partial charge in [0.05, 0.1) is 5.69 Å². The Morgan fingerprint density at radius 1 is 1.04 bits per heavy atom. The van der Waals surface area contributed by atoms with Crippen LogP contribution in [-0.4, -0.2) is 4.98 Å². The molecule has 1 aromatic heterocycles. The molecule has 0 atom stereocenters. The highest BCUT2D eigenvalue weighted by atomic mass is 19.1. The summed E-state index contributed by atoms with van der Waals surface area (Å²) in [6.07, 6.45) is 0. The molecule has 24 heavy (non-hydrogen) atoms. The van der Waals surface area contributed by atoms with Crippen molar-refractivity contribution in [2.45, 2.75) is 13.8 Å².